The smallest absolute Gasteiger partial charge is 0.343 e. The van der Waals surface area contributed by atoms with Crippen molar-refractivity contribution in [2.75, 3.05) is 26.9 Å². The summed E-state index contributed by atoms with van der Waals surface area (Å²) in [6.07, 6.45) is 1.41. The molecular weight excluding hydrogens is 490 g/mol. The van der Waals surface area contributed by atoms with Gasteiger partial charge in [-0.25, -0.2) is 10.2 Å². The number of carbonyl (C=O) groups is 3. The van der Waals surface area contributed by atoms with Crippen LogP contribution in [0, 0.1) is 0 Å². The van der Waals surface area contributed by atoms with Crippen molar-refractivity contribution in [1.29, 1.82) is 0 Å². The summed E-state index contributed by atoms with van der Waals surface area (Å²) in [5, 5.41) is 6.44. The third-order valence-electron chi connectivity index (χ3n) is 5.04. The van der Waals surface area contributed by atoms with Crippen molar-refractivity contribution >= 4 is 24.0 Å². The molecule has 198 valence electrons. The quantitative estimate of drug-likeness (QED) is 0.162. The Morgan fingerprint density at radius 3 is 2.13 bits per heavy atom. The number of rotatable bonds is 12. The first-order valence-electron chi connectivity index (χ1n) is 11.9. The largest absolute Gasteiger partial charge is 0.497 e. The van der Waals surface area contributed by atoms with Gasteiger partial charge in [0, 0.05) is 5.56 Å². The molecule has 0 spiro atoms. The van der Waals surface area contributed by atoms with Crippen molar-refractivity contribution in [3.63, 3.8) is 0 Å². The Morgan fingerprint density at radius 2 is 1.47 bits per heavy atom. The summed E-state index contributed by atoms with van der Waals surface area (Å²) in [5.41, 5.74) is 3.71. The van der Waals surface area contributed by atoms with Crippen LogP contribution in [0.2, 0.25) is 0 Å². The molecule has 38 heavy (non-hydrogen) atoms. The van der Waals surface area contributed by atoms with Gasteiger partial charge in [0.1, 0.15) is 11.5 Å². The van der Waals surface area contributed by atoms with Crippen LogP contribution in [0.4, 0.5) is 0 Å². The van der Waals surface area contributed by atoms with Crippen LogP contribution in [-0.4, -0.2) is 50.9 Å². The fraction of sp³-hybridized carbons (Fsp3) is 0.214. The molecule has 0 radical (unpaired) electrons. The Kier molecular flexibility index (Phi) is 10.2. The van der Waals surface area contributed by atoms with Crippen LogP contribution in [0.5, 0.6) is 23.0 Å². The van der Waals surface area contributed by atoms with Gasteiger partial charge < -0.3 is 24.3 Å². The first kappa shape index (κ1) is 27.7. The third kappa shape index (κ3) is 8.09. The fourth-order valence-corrected chi connectivity index (χ4v) is 3.19. The maximum atomic E-state index is 12.5. The number of esters is 1. The van der Waals surface area contributed by atoms with E-state index in [1.165, 1.54) is 6.21 Å². The van der Waals surface area contributed by atoms with E-state index in [1.807, 2.05) is 6.92 Å². The average molecular weight is 520 g/mol. The molecule has 10 nitrogen and oxygen atoms in total. The lowest BCUT2D eigenvalue weighted by molar-refractivity contribution is -0.120. The van der Waals surface area contributed by atoms with Gasteiger partial charge in [-0.2, -0.15) is 5.10 Å². The number of nitrogens with one attached hydrogen (secondary N) is 2. The number of carbonyl (C=O) groups excluding carboxylic acids is 3. The Morgan fingerprint density at radius 1 is 0.816 bits per heavy atom. The molecule has 3 aromatic rings. The summed E-state index contributed by atoms with van der Waals surface area (Å²) in [5.74, 6) is 0.422. The number of methoxy groups -OCH3 is 1. The minimum atomic E-state index is -0.547. The Hall–Kier alpha value is -4.86. The first-order valence-corrected chi connectivity index (χ1v) is 11.9. The summed E-state index contributed by atoms with van der Waals surface area (Å²) in [6, 6.07) is 18.0. The van der Waals surface area contributed by atoms with E-state index in [9.17, 15) is 14.4 Å². The normalized spacial score (nSPS) is 10.5. The van der Waals surface area contributed by atoms with Gasteiger partial charge in [0.2, 0.25) is 0 Å². The zero-order chi connectivity index (χ0) is 27.3. The topological polar surface area (TPSA) is 125 Å². The summed E-state index contributed by atoms with van der Waals surface area (Å²) in [7, 11) is 1.54. The summed E-state index contributed by atoms with van der Waals surface area (Å²) in [6.45, 7) is 4.29. The average Bonchev–Trinajstić information content (AvgIpc) is 2.93. The zero-order valence-corrected chi connectivity index (χ0v) is 21.4. The third-order valence-corrected chi connectivity index (χ3v) is 5.04. The van der Waals surface area contributed by atoms with Crippen molar-refractivity contribution in [3.05, 3.63) is 83.4 Å². The minimum absolute atomic E-state index is 0.242. The number of amides is 2. The standard InChI is InChI=1S/C28H29N3O7/c1-4-36-23-13-7-20(8-14-23)27(33)29-18-26(32)31-30-17-19-6-15-24(25(16-19)37-5-2)38-28(34)21-9-11-22(35-3)12-10-21/h6-17H,4-5,18H2,1-3H3,(H,29,33)(H,31,32)/b30-17-. The van der Waals surface area contributed by atoms with Crippen LogP contribution < -0.4 is 29.7 Å². The summed E-state index contributed by atoms with van der Waals surface area (Å²) in [4.78, 5) is 36.8. The second kappa shape index (κ2) is 14.0. The van der Waals surface area contributed by atoms with Gasteiger partial charge in [0.15, 0.2) is 11.5 Å². The fourth-order valence-electron chi connectivity index (χ4n) is 3.19. The van der Waals surface area contributed by atoms with Crippen molar-refractivity contribution in [3.8, 4) is 23.0 Å². The molecule has 0 bridgehead atoms. The molecular formula is C28H29N3O7. The molecule has 2 amide bonds. The predicted molar refractivity (Wildman–Crippen MR) is 141 cm³/mol. The van der Waals surface area contributed by atoms with Crippen molar-refractivity contribution in [2.45, 2.75) is 13.8 Å². The van der Waals surface area contributed by atoms with E-state index in [4.69, 9.17) is 18.9 Å². The van der Waals surface area contributed by atoms with Crippen molar-refractivity contribution in [1.82, 2.24) is 10.7 Å². The summed E-state index contributed by atoms with van der Waals surface area (Å²) >= 11 is 0. The minimum Gasteiger partial charge on any atom is -0.497 e. The van der Waals surface area contributed by atoms with Crippen molar-refractivity contribution in [2.24, 2.45) is 5.10 Å². The van der Waals surface area contributed by atoms with Gasteiger partial charge >= 0.3 is 5.97 Å². The molecule has 3 rings (SSSR count). The molecule has 10 heteroatoms. The van der Waals surface area contributed by atoms with E-state index < -0.39 is 17.8 Å². The second-order valence-electron chi connectivity index (χ2n) is 7.69. The maximum Gasteiger partial charge on any atom is 0.343 e. The molecule has 0 aromatic heterocycles. The van der Waals surface area contributed by atoms with Crippen molar-refractivity contribution < 1.29 is 33.3 Å². The van der Waals surface area contributed by atoms with Crippen LogP contribution in [0.3, 0.4) is 0 Å². The molecule has 3 aromatic carbocycles. The van der Waals surface area contributed by atoms with Crippen LogP contribution in [0.25, 0.3) is 0 Å². The van der Waals surface area contributed by atoms with E-state index in [2.05, 4.69) is 15.8 Å². The Balaban J connectivity index is 1.54. The highest BCUT2D eigenvalue weighted by Gasteiger charge is 2.14. The Labute approximate surface area is 220 Å². The lowest BCUT2D eigenvalue weighted by Gasteiger charge is -2.11. The summed E-state index contributed by atoms with van der Waals surface area (Å²) < 4.78 is 21.5. The number of hydrogen-bond donors (Lipinski definition) is 2. The molecule has 0 aliphatic carbocycles. The molecule has 0 aliphatic rings. The highest BCUT2D eigenvalue weighted by molar-refractivity contribution is 5.96. The lowest BCUT2D eigenvalue weighted by atomic mass is 10.2. The molecule has 0 saturated heterocycles. The SMILES string of the molecule is CCOc1ccc(C(=O)NCC(=O)N/N=C\c2ccc(OC(=O)c3ccc(OC)cc3)c(OCC)c2)cc1. The van der Waals surface area contributed by atoms with E-state index in [-0.39, 0.29) is 12.3 Å². The van der Waals surface area contributed by atoms with Gasteiger partial charge in [0.05, 0.1) is 38.6 Å². The highest BCUT2D eigenvalue weighted by Crippen LogP contribution is 2.29. The molecule has 0 saturated carbocycles. The van der Waals surface area contributed by atoms with E-state index in [0.29, 0.717) is 47.2 Å². The molecule has 0 aliphatic heterocycles. The highest BCUT2D eigenvalue weighted by atomic mass is 16.6. The van der Waals surface area contributed by atoms with Crippen LogP contribution >= 0.6 is 0 Å². The van der Waals surface area contributed by atoms with Crippen LogP contribution in [0.15, 0.2) is 71.8 Å². The number of ether oxygens (including phenoxy) is 4. The molecule has 0 heterocycles. The van der Waals surface area contributed by atoms with Gasteiger partial charge in [-0.15, -0.1) is 0 Å². The van der Waals surface area contributed by atoms with Gasteiger partial charge in [-0.05, 0) is 86.1 Å². The monoisotopic (exact) mass is 519 g/mol. The Bertz CT molecular complexity index is 1270. The molecule has 0 atom stereocenters. The van der Waals surface area contributed by atoms with E-state index in [1.54, 1.807) is 80.8 Å². The van der Waals surface area contributed by atoms with E-state index >= 15 is 0 Å². The maximum absolute atomic E-state index is 12.5. The predicted octanol–water partition coefficient (Wildman–Crippen LogP) is 3.59. The molecule has 2 N–H and O–H groups in total. The van der Waals surface area contributed by atoms with E-state index in [0.717, 1.165) is 0 Å². The number of hydrazone groups is 1. The molecule has 0 unspecified atom stereocenters. The number of nitrogens with zero attached hydrogens (tertiary/aromatic N) is 1. The number of hydrogen-bond acceptors (Lipinski definition) is 8. The van der Waals surface area contributed by atoms with Crippen LogP contribution in [0.1, 0.15) is 40.1 Å². The second-order valence-corrected chi connectivity index (χ2v) is 7.69. The van der Waals surface area contributed by atoms with Gasteiger partial charge in [-0.1, -0.05) is 0 Å². The molecule has 0 fully saturated rings. The lowest BCUT2D eigenvalue weighted by Crippen LogP contribution is -2.34. The zero-order valence-electron chi connectivity index (χ0n) is 21.4. The van der Waals surface area contributed by atoms with Gasteiger partial charge in [-0.3, -0.25) is 9.59 Å². The van der Waals surface area contributed by atoms with Crippen LogP contribution in [-0.2, 0) is 4.79 Å². The first-order chi connectivity index (χ1) is 18.4. The number of benzene rings is 3. The van der Waals surface area contributed by atoms with Gasteiger partial charge in [0.25, 0.3) is 11.8 Å².